The van der Waals surface area contributed by atoms with Crippen molar-refractivity contribution in [2.75, 3.05) is 19.6 Å². The molecule has 1 N–H and O–H groups in total. The van der Waals surface area contributed by atoms with Crippen LogP contribution in [0.1, 0.15) is 44.1 Å². The van der Waals surface area contributed by atoms with Crippen LogP contribution in [-0.4, -0.2) is 57.7 Å². The molecule has 0 radical (unpaired) electrons. The standard InChI is InChI=1S/C27H29N3O3/c31-23-11-9-20(10-12-23)19-3-5-21(6-4-19)24-28-27(13-14-27)26(33)30(24)17-18-2-1-15-29(16-18)25(32)22-7-8-22/h3-6,9-12,18,22,31H,1-2,7-8,13-17H2. The maximum absolute atomic E-state index is 13.3. The van der Waals surface area contributed by atoms with E-state index in [0.29, 0.717) is 18.4 Å². The Hall–Kier alpha value is -3.15. The van der Waals surface area contributed by atoms with Gasteiger partial charge in [0, 0.05) is 31.1 Å². The van der Waals surface area contributed by atoms with Crippen LogP contribution < -0.4 is 0 Å². The average molecular weight is 444 g/mol. The minimum Gasteiger partial charge on any atom is -0.508 e. The zero-order valence-electron chi connectivity index (χ0n) is 18.7. The molecule has 6 nitrogen and oxygen atoms in total. The highest BCUT2D eigenvalue weighted by Crippen LogP contribution is 2.46. The number of hydrogen-bond acceptors (Lipinski definition) is 4. The largest absolute Gasteiger partial charge is 0.508 e. The van der Waals surface area contributed by atoms with Gasteiger partial charge in [-0.1, -0.05) is 36.4 Å². The van der Waals surface area contributed by atoms with Gasteiger partial charge in [-0.15, -0.1) is 0 Å². The Morgan fingerprint density at radius 2 is 1.61 bits per heavy atom. The quantitative estimate of drug-likeness (QED) is 0.763. The number of carbonyl (C=O) groups excluding carboxylic acids is 2. The molecule has 1 saturated heterocycles. The van der Waals surface area contributed by atoms with Crippen LogP contribution in [0.3, 0.4) is 0 Å². The Morgan fingerprint density at radius 3 is 2.24 bits per heavy atom. The summed E-state index contributed by atoms with van der Waals surface area (Å²) < 4.78 is 0. The van der Waals surface area contributed by atoms with Gasteiger partial charge < -0.3 is 10.0 Å². The second kappa shape index (κ2) is 7.72. The molecule has 2 aromatic carbocycles. The van der Waals surface area contributed by atoms with Gasteiger partial charge in [-0.3, -0.25) is 19.5 Å². The number of benzene rings is 2. The molecule has 2 aliphatic carbocycles. The van der Waals surface area contributed by atoms with Crippen LogP contribution in [0.25, 0.3) is 11.1 Å². The van der Waals surface area contributed by atoms with Crippen molar-refractivity contribution in [2.24, 2.45) is 16.8 Å². The minimum absolute atomic E-state index is 0.130. The molecular weight excluding hydrogens is 414 g/mol. The van der Waals surface area contributed by atoms with Crippen molar-refractivity contribution in [1.29, 1.82) is 0 Å². The van der Waals surface area contributed by atoms with Crippen molar-refractivity contribution < 1.29 is 14.7 Å². The second-order valence-corrected chi connectivity index (χ2v) is 10.1. The second-order valence-electron chi connectivity index (χ2n) is 10.1. The highest BCUT2D eigenvalue weighted by Gasteiger charge is 2.57. The van der Waals surface area contributed by atoms with E-state index in [1.54, 1.807) is 12.1 Å². The first-order chi connectivity index (χ1) is 16.0. The first kappa shape index (κ1) is 20.5. The Labute approximate surface area is 193 Å². The summed E-state index contributed by atoms with van der Waals surface area (Å²) in [4.78, 5) is 34.7. The van der Waals surface area contributed by atoms with Crippen LogP contribution in [0.15, 0.2) is 53.5 Å². The minimum atomic E-state index is -0.539. The number of amides is 2. The van der Waals surface area contributed by atoms with Crippen LogP contribution in [0.5, 0.6) is 5.75 Å². The van der Waals surface area contributed by atoms with Gasteiger partial charge >= 0.3 is 0 Å². The van der Waals surface area contributed by atoms with E-state index in [1.165, 1.54) is 0 Å². The zero-order chi connectivity index (χ0) is 22.6. The van der Waals surface area contributed by atoms with Crippen LogP contribution >= 0.6 is 0 Å². The van der Waals surface area contributed by atoms with Gasteiger partial charge in [0.25, 0.3) is 5.91 Å². The lowest BCUT2D eigenvalue weighted by molar-refractivity contribution is -0.134. The number of piperidine rings is 1. The fourth-order valence-corrected chi connectivity index (χ4v) is 5.22. The van der Waals surface area contributed by atoms with Gasteiger partial charge in [-0.05, 0) is 67.7 Å². The van der Waals surface area contributed by atoms with Crippen molar-refractivity contribution in [2.45, 2.75) is 44.1 Å². The molecule has 0 bridgehead atoms. The third kappa shape index (κ3) is 3.81. The van der Waals surface area contributed by atoms with Gasteiger partial charge in [0.05, 0.1) is 0 Å². The first-order valence-corrected chi connectivity index (χ1v) is 12.1. The molecule has 2 aliphatic heterocycles. The normalized spacial score (nSPS) is 23.7. The summed E-state index contributed by atoms with van der Waals surface area (Å²) in [5.41, 5.74) is 2.50. The molecule has 1 atom stereocenters. The number of nitrogens with zero attached hydrogens (tertiary/aromatic N) is 3. The van der Waals surface area contributed by atoms with E-state index in [0.717, 1.165) is 74.1 Å². The average Bonchev–Trinajstić information content (AvgIpc) is 3.76. The smallest absolute Gasteiger partial charge is 0.256 e. The van der Waals surface area contributed by atoms with E-state index < -0.39 is 5.54 Å². The number of aliphatic imine (C=N–C) groups is 1. The summed E-state index contributed by atoms with van der Waals surface area (Å²) in [6.07, 6.45) is 5.76. The number of rotatable bonds is 5. The lowest BCUT2D eigenvalue weighted by Crippen LogP contribution is -2.46. The summed E-state index contributed by atoms with van der Waals surface area (Å²) in [6, 6.07) is 15.3. The molecule has 6 heteroatoms. The Balaban J connectivity index is 1.21. The van der Waals surface area contributed by atoms with E-state index in [-0.39, 0.29) is 17.6 Å². The summed E-state index contributed by atoms with van der Waals surface area (Å²) in [6.45, 7) is 2.23. The van der Waals surface area contributed by atoms with E-state index in [1.807, 2.05) is 46.2 Å². The van der Waals surface area contributed by atoms with Crippen molar-refractivity contribution in [3.63, 3.8) is 0 Å². The Bertz CT molecular complexity index is 1110. The lowest BCUT2D eigenvalue weighted by Gasteiger charge is -2.35. The predicted octanol–water partition coefficient (Wildman–Crippen LogP) is 3.83. The van der Waals surface area contributed by atoms with Crippen molar-refractivity contribution in [3.8, 4) is 16.9 Å². The number of phenolic OH excluding ortho intramolecular Hbond substituents is 1. The van der Waals surface area contributed by atoms with Crippen LogP contribution in [0.2, 0.25) is 0 Å². The number of carbonyl (C=O) groups is 2. The van der Waals surface area contributed by atoms with Gasteiger partial charge in [0.2, 0.25) is 5.91 Å². The highest BCUT2D eigenvalue weighted by molar-refractivity contribution is 6.16. The molecule has 4 aliphatic rings. The maximum atomic E-state index is 13.3. The Kier molecular flexibility index (Phi) is 4.78. The number of likely N-dealkylation sites (tertiary alicyclic amines) is 1. The predicted molar refractivity (Wildman–Crippen MR) is 126 cm³/mol. The third-order valence-electron chi connectivity index (χ3n) is 7.48. The molecule has 2 heterocycles. The summed E-state index contributed by atoms with van der Waals surface area (Å²) >= 11 is 0. The molecule has 2 amide bonds. The summed E-state index contributed by atoms with van der Waals surface area (Å²) in [5.74, 6) is 2.01. The number of amidine groups is 1. The maximum Gasteiger partial charge on any atom is 0.256 e. The third-order valence-corrected chi connectivity index (χ3v) is 7.48. The van der Waals surface area contributed by atoms with Crippen LogP contribution in [0.4, 0.5) is 0 Å². The van der Waals surface area contributed by atoms with Crippen LogP contribution in [-0.2, 0) is 9.59 Å². The molecular formula is C27H29N3O3. The van der Waals surface area contributed by atoms with Crippen LogP contribution in [0, 0.1) is 11.8 Å². The number of hydrogen-bond donors (Lipinski definition) is 1. The molecule has 2 aromatic rings. The molecule has 170 valence electrons. The van der Waals surface area contributed by atoms with Gasteiger partial charge in [-0.25, -0.2) is 0 Å². The van der Waals surface area contributed by atoms with E-state index in [4.69, 9.17) is 4.99 Å². The fourth-order valence-electron chi connectivity index (χ4n) is 5.22. The van der Waals surface area contributed by atoms with E-state index in [2.05, 4.69) is 0 Å². The number of aromatic hydroxyl groups is 1. The van der Waals surface area contributed by atoms with Crippen molar-refractivity contribution >= 4 is 17.6 Å². The SMILES string of the molecule is O=C(C1CC1)N1CCCC(CN2C(=O)C3(CC3)N=C2c2ccc(-c3ccc(O)cc3)cc2)C1. The molecule has 3 fully saturated rings. The van der Waals surface area contributed by atoms with Crippen molar-refractivity contribution in [3.05, 3.63) is 54.1 Å². The zero-order valence-corrected chi connectivity index (χ0v) is 18.7. The monoisotopic (exact) mass is 443 g/mol. The molecule has 6 rings (SSSR count). The van der Waals surface area contributed by atoms with Crippen molar-refractivity contribution in [1.82, 2.24) is 9.80 Å². The lowest BCUT2D eigenvalue weighted by atomic mass is 9.96. The molecule has 0 aromatic heterocycles. The first-order valence-electron chi connectivity index (χ1n) is 12.1. The van der Waals surface area contributed by atoms with Gasteiger partial charge in [-0.2, -0.15) is 0 Å². The van der Waals surface area contributed by atoms with E-state index >= 15 is 0 Å². The number of phenols is 1. The summed E-state index contributed by atoms with van der Waals surface area (Å²) in [5, 5.41) is 9.54. The molecule has 1 unspecified atom stereocenters. The molecule has 2 saturated carbocycles. The van der Waals surface area contributed by atoms with Gasteiger partial charge in [0.1, 0.15) is 17.1 Å². The Morgan fingerprint density at radius 1 is 0.970 bits per heavy atom. The van der Waals surface area contributed by atoms with E-state index in [9.17, 15) is 14.7 Å². The fraction of sp³-hybridized carbons (Fsp3) is 0.444. The highest BCUT2D eigenvalue weighted by atomic mass is 16.3. The molecule has 33 heavy (non-hydrogen) atoms. The van der Waals surface area contributed by atoms with Gasteiger partial charge in [0.15, 0.2) is 0 Å². The molecule has 1 spiro atoms. The topological polar surface area (TPSA) is 73.2 Å². The summed E-state index contributed by atoms with van der Waals surface area (Å²) in [7, 11) is 0.